The van der Waals surface area contributed by atoms with Gasteiger partial charge in [0.25, 0.3) is 0 Å². The van der Waals surface area contributed by atoms with E-state index in [1.165, 1.54) is 11.1 Å². The highest BCUT2D eigenvalue weighted by Gasteiger charge is 2.30. The second-order valence-electron chi connectivity index (χ2n) is 5.79. The fourth-order valence-electron chi connectivity index (χ4n) is 2.79. The Balaban J connectivity index is 2.08. The highest BCUT2D eigenvalue weighted by molar-refractivity contribution is 5.80. The summed E-state index contributed by atoms with van der Waals surface area (Å²) < 4.78 is 0. The van der Waals surface area contributed by atoms with Crippen LogP contribution in [0.4, 0.5) is 0 Å². The first kappa shape index (κ1) is 13.9. The normalized spacial score (nSPS) is 20.7. The molecule has 2 nitrogen and oxygen atoms in total. The molecule has 1 saturated heterocycles. The van der Waals surface area contributed by atoms with E-state index in [0.29, 0.717) is 11.8 Å². The molecule has 102 valence electrons. The lowest BCUT2D eigenvalue weighted by molar-refractivity contribution is -0.130. The summed E-state index contributed by atoms with van der Waals surface area (Å²) >= 11 is 0. The van der Waals surface area contributed by atoms with Crippen LogP contribution in [0.1, 0.15) is 43.7 Å². The van der Waals surface area contributed by atoms with Gasteiger partial charge in [0, 0.05) is 19.5 Å². The Hall–Kier alpha value is -1.57. The van der Waals surface area contributed by atoms with E-state index in [-0.39, 0.29) is 5.92 Å². The van der Waals surface area contributed by atoms with Gasteiger partial charge < -0.3 is 4.90 Å². The molecule has 1 aromatic carbocycles. The van der Waals surface area contributed by atoms with Gasteiger partial charge in [0.1, 0.15) is 0 Å². The monoisotopic (exact) mass is 257 g/mol. The summed E-state index contributed by atoms with van der Waals surface area (Å²) in [6.07, 6.45) is 1.95. The second kappa shape index (κ2) is 5.60. The van der Waals surface area contributed by atoms with E-state index < -0.39 is 0 Å². The number of benzene rings is 1. The Morgan fingerprint density at radius 2 is 2.26 bits per heavy atom. The summed E-state index contributed by atoms with van der Waals surface area (Å²) in [4.78, 5) is 13.8. The van der Waals surface area contributed by atoms with Crippen molar-refractivity contribution in [2.45, 2.75) is 32.6 Å². The summed E-state index contributed by atoms with van der Waals surface area (Å²) in [5.74, 6) is 0.927. The van der Waals surface area contributed by atoms with Crippen LogP contribution in [0, 0.1) is 5.92 Å². The first-order chi connectivity index (χ1) is 8.99. The van der Waals surface area contributed by atoms with Crippen LogP contribution in [0.5, 0.6) is 0 Å². The van der Waals surface area contributed by atoms with Gasteiger partial charge >= 0.3 is 0 Å². The zero-order valence-electron chi connectivity index (χ0n) is 12.1. The van der Waals surface area contributed by atoms with Gasteiger partial charge in [-0.2, -0.15) is 0 Å². The molecule has 2 unspecified atom stereocenters. The van der Waals surface area contributed by atoms with Gasteiger partial charge in [0.05, 0.1) is 0 Å². The molecule has 0 N–H and O–H groups in total. The van der Waals surface area contributed by atoms with Crippen LogP contribution >= 0.6 is 0 Å². The standard InChI is InChI=1S/C17H23NO/c1-12(2)14-6-5-7-15(11-14)13(3)10-16-8-9-18(4)17(16)19/h5-7,11,13,16H,1,8-10H2,2-4H3. The third kappa shape index (κ3) is 3.06. The average Bonchev–Trinajstić information content (AvgIpc) is 2.71. The van der Waals surface area contributed by atoms with E-state index in [0.717, 1.165) is 25.0 Å². The summed E-state index contributed by atoms with van der Waals surface area (Å²) in [6, 6.07) is 8.53. The molecule has 2 rings (SSSR count). The number of carbonyl (C=O) groups excluding carboxylic acids is 1. The van der Waals surface area contributed by atoms with Crippen molar-refractivity contribution < 1.29 is 4.79 Å². The smallest absolute Gasteiger partial charge is 0.225 e. The number of hydrogen-bond acceptors (Lipinski definition) is 1. The van der Waals surface area contributed by atoms with Crippen molar-refractivity contribution in [2.75, 3.05) is 13.6 Å². The highest BCUT2D eigenvalue weighted by Crippen LogP contribution is 2.30. The van der Waals surface area contributed by atoms with Crippen LogP contribution in [0.15, 0.2) is 30.8 Å². The van der Waals surface area contributed by atoms with E-state index in [1.54, 1.807) is 0 Å². The summed E-state index contributed by atoms with van der Waals surface area (Å²) in [6.45, 7) is 9.13. The lowest BCUT2D eigenvalue weighted by Crippen LogP contribution is -2.23. The largest absolute Gasteiger partial charge is 0.345 e. The van der Waals surface area contributed by atoms with Crippen LogP contribution in [0.25, 0.3) is 5.57 Å². The molecule has 0 radical (unpaired) electrons. The number of allylic oxidation sites excluding steroid dienone is 1. The zero-order chi connectivity index (χ0) is 14.0. The predicted molar refractivity (Wildman–Crippen MR) is 79.9 cm³/mol. The molecule has 1 aromatic rings. The Kier molecular flexibility index (Phi) is 4.08. The maximum atomic E-state index is 12.0. The maximum absolute atomic E-state index is 12.0. The van der Waals surface area contributed by atoms with Crippen molar-refractivity contribution >= 4 is 11.5 Å². The van der Waals surface area contributed by atoms with E-state index in [2.05, 4.69) is 37.8 Å². The fourth-order valence-corrected chi connectivity index (χ4v) is 2.79. The molecule has 1 heterocycles. The topological polar surface area (TPSA) is 20.3 Å². The predicted octanol–water partition coefficient (Wildman–Crippen LogP) is 3.69. The molecule has 0 aliphatic carbocycles. The van der Waals surface area contributed by atoms with E-state index in [4.69, 9.17) is 0 Å². The summed E-state index contributed by atoms with van der Waals surface area (Å²) in [7, 11) is 1.90. The third-order valence-electron chi connectivity index (χ3n) is 4.12. The number of nitrogens with zero attached hydrogens (tertiary/aromatic N) is 1. The van der Waals surface area contributed by atoms with E-state index >= 15 is 0 Å². The minimum Gasteiger partial charge on any atom is -0.345 e. The van der Waals surface area contributed by atoms with Gasteiger partial charge in [0.2, 0.25) is 5.91 Å². The van der Waals surface area contributed by atoms with Crippen LogP contribution in [0.3, 0.4) is 0 Å². The van der Waals surface area contributed by atoms with Crippen LogP contribution in [-0.2, 0) is 4.79 Å². The van der Waals surface area contributed by atoms with E-state index in [1.807, 2.05) is 18.9 Å². The first-order valence-corrected chi connectivity index (χ1v) is 7.00. The molecular formula is C17H23NO. The molecule has 1 aliphatic rings. The molecule has 1 fully saturated rings. The molecule has 2 atom stereocenters. The van der Waals surface area contributed by atoms with Crippen LogP contribution in [0.2, 0.25) is 0 Å². The Morgan fingerprint density at radius 3 is 2.84 bits per heavy atom. The number of amides is 1. The van der Waals surface area contributed by atoms with E-state index in [9.17, 15) is 4.79 Å². The summed E-state index contributed by atoms with van der Waals surface area (Å²) in [5, 5.41) is 0. The lowest BCUT2D eigenvalue weighted by Gasteiger charge is -2.17. The molecule has 19 heavy (non-hydrogen) atoms. The number of rotatable bonds is 4. The van der Waals surface area contributed by atoms with Crippen molar-refractivity contribution in [3.63, 3.8) is 0 Å². The Morgan fingerprint density at radius 1 is 1.53 bits per heavy atom. The lowest BCUT2D eigenvalue weighted by atomic mass is 9.88. The molecule has 1 amide bonds. The molecule has 2 heteroatoms. The van der Waals surface area contributed by atoms with Gasteiger partial charge in [-0.1, -0.05) is 43.3 Å². The highest BCUT2D eigenvalue weighted by atomic mass is 16.2. The average molecular weight is 257 g/mol. The molecule has 0 saturated carbocycles. The summed E-state index contributed by atoms with van der Waals surface area (Å²) in [5.41, 5.74) is 3.59. The second-order valence-corrected chi connectivity index (χ2v) is 5.79. The number of carbonyl (C=O) groups is 1. The van der Waals surface area contributed by atoms with Gasteiger partial charge in [0.15, 0.2) is 0 Å². The van der Waals surface area contributed by atoms with Crippen molar-refractivity contribution in [3.8, 4) is 0 Å². The quantitative estimate of drug-likeness (QED) is 0.805. The van der Waals surface area contributed by atoms with Crippen molar-refractivity contribution in [2.24, 2.45) is 5.92 Å². The number of likely N-dealkylation sites (tertiary alicyclic amines) is 1. The van der Waals surface area contributed by atoms with Crippen LogP contribution in [-0.4, -0.2) is 24.4 Å². The Bertz CT molecular complexity index is 492. The van der Waals surface area contributed by atoms with Gasteiger partial charge in [-0.15, -0.1) is 0 Å². The van der Waals surface area contributed by atoms with Crippen molar-refractivity contribution in [1.29, 1.82) is 0 Å². The molecule has 0 spiro atoms. The first-order valence-electron chi connectivity index (χ1n) is 7.00. The van der Waals surface area contributed by atoms with Crippen molar-refractivity contribution in [1.82, 2.24) is 4.90 Å². The molecule has 0 bridgehead atoms. The van der Waals surface area contributed by atoms with Crippen molar-refractivity contribution in [3.05, 3.63) is 42.0 Å². The third-order valence-corrected chi connectivity index (χ3v) is 4.12. The molecule has 1 aliphatic heterocycles. The number of hydrogen-bond donors (Lipinski definition) is 0. The minimum absolute atomic E-state index is 0.202. The van der Waals surface area contributed by atoms with Crippen LogP contribution < -0.4 is 0 Å². The SMILES string of the molecule is C=C(C)c1cccc(C(C)CC2CCN(C)C2=O)c1. The fraction of sp³-hybridized carbons (Fsp3) is 0.471. The molecular weight excluding hydrogens is 234 g/mol. The van der Waals surface area contributed by atoms with Gasteiger partial charge in [-0.3, -0.25) is 4.79 Å². The maximum Gasteiger partial charge on any atom is 0.225 e. The zero-order valence-corrected chi connectivity index (χ0v) is 12.1. The molecule has 0 aromatic heterocycles. The minimum atomic E-state index is 0.202. The van der Waals surface area contributed by atoms with Gasteiger partial charge in [-0.25, -0.2) is 0 Å². The Labute approximate surface area is 116 Å². The van der Waals surface area contributed by atoms with Gasteiger partial charge in [-0.05, 0) is 36.8 Å².